The van der Waals surface area contributed by atoms with Crippen molar-refractivity contribution < 1.29 is 0 Å². The molecule has 0 fully saturated rings. The SMILES string of the molecule is Cc1c(C(N)=S)cccc1-c1c[nH]c2ccccc12. The Balaban J connectivity index is 2.28. The topological polar surface area (TPSA) is 41.8 Å². The molecule has 0 saturated heterocycles. The number of benzene rings is 2. The van der Waals surface area contributed by atoms with Gasteiger partial charge in [0.2, 0.25) is 0 Å². The van der Waals surface area contributed by atoms with Crippen LogP contribution < -0.4 is 5.73 Å². The van der Waals surface area contributed by atoms with Gasteiger partial charge in [0, 0.05) is 28.2 Å². The van der Waals surface area contributed by atoms with Crippen molar-refractivity contribution in [3.8, 4) is 11.1 Å². The van der Waals surface area contributed by atoms with Crippen LogP contribution in [-0.4, -0.2) is 9.97 Å². The Kier molecular flexibility index (Phi) is 2.84. The predicted molar refractivity (Wildman–Crippen MR) is 84.4 cm³/mol. The average Bonchev–Trinajstić information content (AvgIpc) is 2.82. The van der Waals surface area contributed by atoms with E-state index in [1.165, 1.54) is 16.5 Å². The molecule has 0 radical (unpaired) electrons. The standard InChI is InChI=1S/C16H14N2S/c1-10-11(6-4-7-12(10)16(17)19)14-9-18-15-8-3-2-5-13(14)15/h2-9,18H,1H3,(H2,17,19). The molecule has 1 heterocycles. The van der Waals surface area contributed by atoms with Crippen molar-refractivity contribution in [1.82, 2.24) is 4.98 Å². The smallest absolute Gasteiger partial charge is 0.104 e. The summed E-state index contributed by atoms with van der Waals surface area (Å²) in [5.74, 6) is 0. The van der Waals surface area contributed by atoms with Crippen LogP contribution in [0.25, 0.3) is 22.0 Å². The summed E-state index contributed by atoms with van der Waals surface area (Å²) in [6.45, 7) is 2.06. The zero-order valence-corrected chi connectivity index (χ0v) is 11.4. The van der Waals surface area contributed by atoms with Crippen LogP contribution in [0, 0.1) is 6.92 Å². The Hall–Kier alpha value is -2.13. The first-order valence-electron chi connectivity index (χ1n) is 6.14. The summed E-state index contributed by atoms with van der Waals surface area (Å²) in [4.78, 5) is 3.74. The van der Waals surface area contributed by atoms with Gasteiger partial charge in [0.1, 0.15) is 4.99 Å². The van der Waals surface area contributed by atoms with Crippen molar-refractivity contribution >= 4 is 28.1 Å². The van der Waals surface area contributed by atoms with E-state index in [9.17, 15) is 0 Å². The van der Waals surface area contributed by atoms with Crippen LogP contribution in [0.3, 0.4) is 0 Å². The van der Waals surface area contributed by atoms with E-state index < -0.39 is 0 Å². The Morgan fingerprint density at radius 1 is 1.05 bits per heavy atom. The van der Waals surface area contributed by atoms with E-state index in [0.717, 1.165) is 16.6 Å². The highest BCUT2D eigenvalue weighted by Crippen LogP contribution is 2.31. The molecule has 0 unspecified atom stereocenters. The monoisotopic (exact) mass is 266 g/mol. The number of hydrogen-bond donors (Lipinski definition) is 2. The second-order valence-corrected chi connectivity index (χ2v) is 5.03. The number of hydrogen-bond acceptors (Lipinski definition) is 1. The molecule has 2 nitrogen and oxygen atoms in total. The van der Waals surface area contributed by atoms with Gasteiger partial charge in [-0.1, -0.05) is 48.6 Å². The van der Waals surface area contributed by atoms with Gasteiger partial charge in [0.25, 0.3) is 0 Å². The quantitative estimate of drug-likeness (QED) is 0.693. The van der Waals surface area contributed by atoms with Gasteiger partial charge in [-0.2, -0.15) is 0 Å². The lowest BCUT2D eigenvalue weighted by molar-refractivity contribution is 1.42. The highest BCUT2D eigenvalue weighted by Gasteiger charge is 2.11. The van der Waals surface area contributed by atoms with Crippen LogP contribution in [0.15, 0.2) is 48.7 Å². The molecule has 0 atom stereocenters. The first kappa shape index (κ1) is 11.9. The van der Waals surface area contributed by atoms with Crippen LogP contribution in [-0.2, 0) is 0 Å². The number of nitrogens with two attached hydrogens (primary N) is 1. The molecular weight excluding hydrogens is 252 g/mol. The number of fused-ring (bicyclic) bond motifs is 1. The fourth-order valence-corrected chi connectivity index (χ4v) is 2.71. The van der Waals surface area contributed by atoms with Gasteiger partial charge in [-0.3, -0.25) is 0 Å². The number of aromatic amines is 1. The fraction of sp³-hybridized carbons (Fsp3) is 0.0625. The predicted octanol–water partition coefficient (Wildman–Crippen LogP) is 3.78. The van der Waals surface area contributed by atoms with Crippen LogP contribution in [0.1, 0.15) is 11.1 Å². The van der Waals surface area contributed by atoms with E-state index in [0.29, 0.717) is 4.99 Å². The molecule has 19 heavy (non-hydrogen) atoms. The molecule has 1 aromatic heterocycles. The zero-order valence-electron chi connectivity index (χ0n) is 10.6. The molecule has 0 bridgehead atoms. The second kappa shape index (κ2) is 4.52. The molecule has 3 rings (SSSR count). The molecule has 94 valence electrons. The maximum Gasteiger partial charge on any atom is 0.104 e. The van der Waals surface area contributed by atoms with Crippen molar-refractivity contribution in [1.29, 1.82) is 0 Å². The van der Waals surface area contributed by atoms with Crippen molar-refractivity contribution in [2.24, 2.45) is 5.73 Å². The average molecular weight is 266 g/mol. The van der Waals surface area contributed by atoms with Gasteiger partial charge < -0.3 is 10.7 Å². The summed E-state index contributed by atoms with van der Waals surface area (Å²) in [5, 5.41) is 1.21. The summed E-state index contributed by atoms with van der Waals surface area (Å²) in [6.07, 6.45) is 2.04. The Bertz CT molecular complexity index is 771. The van der Waals surface area contributed by atoms with Crippen molar-refractivity contribution in [2.75, 3.05) is 0 Å². The summed E-state index contributed by atoms with van der Waals surface area (Å²) in [6, 6.07) is 14.3. The molecule has 0 amide bonds. The Morgan fingerprint density at radius 2 is 1.84 bits per heavy atom. The third-order valence-corrected chi connectivity index (χ3v) is 3.70. The molecule has 0 spiro atoms. The summed E-state index contributed by atoms with van der Waals surface area (Å²) in [7, 11) is 0. The lowest BCUT2D eigenvalue weighted by atomic mass is 9.96. The highest BCUT2D eigenvalue weighted by atomic mass is 32.1. The van der Waals surface area contributed by atoms with E-state index in [4.69, 9.17) is 18.0 Å². The molecule has 3 heteroatoms. The summed E-state index contributed by atoms with van der Waals surface area (Å²) >= 11 is 5.10. The van der Waals surface area contributed by atoms with E-state index in [1.807, 2.05) is 30.5 Å². The van der Waals surface area contributed by atoms with Crippen LogP contribution in [0.5, 0.6) is 0 Å². The molecule has 0 aliphatic carbocycles. The third kappa shape index (κ3) is 1.92. The van der Waals surface area contributed by atoms with Gasteiger partial charge in [-0.15, -0.1) is 0 Å². The van der Waals surface area contributed by atoms with Gasteiger partial charge in [0.15, 0.2) is 0 Å². The lowest BCUT2D eigenvalue weighted by Crippen LogP contribution is -2.11. The minimum absolute atomic E-state index is 0.444. The molecule has 2 aromatic carbocycles. The van der Waals surface area contributed by atoms with Crippen LogP contribution in [0.4, 0.5) is 0 Å². The van der Waals surface area contributed by atoms with E-state index in [-0.39, 0.29) is 0 Å². The lowest BCUT2D eigenvalue weighted by Gasteiger charge is -2.09. The maximum atomic E-state index is 5.77. The largest absolute Gasteiger partial charge is 0.389 e. The fourth-order valence-electron chi connectivity index (χ4n) is 2.49. The number of para-hydroxylation sites is 1. The molecule has 3 aromatic rings. The molecule has 0 aliphatic heterocycles. The number of rotatable bonds is 2. The van der Waals surface area contributed by atoms with E-state index >= 15 is 0 Å². The maximum absolute atomic E-state index is 5.77. The van der Waals surface area contributed by atoms with Gasteiger partial charge in [0.05, 0.1) is 0 Å². The van der Waals surface area contributed by atoms with E-state index in [1.54, 1.807) is 0 Å². The van der Waals surface area contributed by atoms with Crippen LogP contribution >= 0.6 is 12.2 Å². The highest BCUT2D eigenvalue weighted by molar-refractivity contribution is 7.80. The number of aromatic nitrogens is 1. The van der Waals surface area contributed by atoms with Gasteiger partial charge in [-0.05, 0) is 24.1 Å². The number of H-pyrrole nitrogens is 1. The second-order valence-electron chi connectivity index (χ2n) is 4.59. The van der Waals surface area contributed by atoms with Crippen molar-refractivity contribution in [2.45, 2.75) is 6.92 Å². The van der Waals surface area contributed by atoms with Crippen molar-refractivity contribution in [3.05, 3.63) is 59.8 Å². The molecule has 3 N–H and O–H groups in total. The molecular formula is C16H14N2S. The normalized spacial score (nSPS) is 10.8. The number of nitrogens with one attached hydrogen (secondary N) is 1. The zero-order chi connectivity index (χ0) is 13.4. The third-order valence-electron chi connectivity index (χ3n) is 3.48. The Morgan fingerprint density at radius 3 is 2.63 bits per heavy atom. The first-order valence-corrected chi connectivity index (χ1v) is 6.55. The summed E-state index contributed by atoms with van der Waals surface area (Å²) in [5.41, 5.74) is 11.3. The van der Waals surface area contributed by atoms with E-state index in [2.05, 4.69) is 30.1 Å². The van der Waals surface area contributed by atoms with Crippen molar-refractivity contribution in [3.63, 3.8) is 0 Å². The number of thiocarbonyl (C=S) groups is 1. The van der Waals surface area contributed by atoms with Gasteiger partial charge >= 0.3 is 0 Å². The molecule has 0 aliphatic rings. The van der Waals surface area contributed by atoms with Gasteiger partial charge in [-0.25, -0.2) is 0 Å². The first-order chi connectivity index (χ1) is 9.18. The molecule has 0 saturated carbocycles. The summed E-state index contributed by atoms with van der Waals surface area (Å²) < 4.78 is 0. The Labute approximate surface area is 117 Å². The minimum atomic E-state index is 0.444. The van der Waals surface area contributed by atoms with Crippen LogP contribution in [0.2, 0.25) is 0 Å². The minimum Gasteiger partial charge on any atom is -0.389 e.